The number of halogens is 1. The minimum absolute atomic E-state index is 0.138. The zero-order valence-corrected chi connectivity index (χ0v) is 13.0. The maximum atomic E-state index is 13.6. The van der Waals surface area contributed by atoms with Crippen LogP contribution in [0.5, 0.6) is 0 Å². The third-order valence-corrected chi connectivity index (χ3v) is 4.31. The molecule has 0 saturated carbocycles. The van der Waals surface area contributed by atoms with Gasteiger partial charge in [0.25, 0.3) is 0 Å². The number of hydrogen-bond donors (Lipinski definition) is 1. The van der Waals surface area contributed by atoms with Crippen molar-refractivity contribution in [2.24, 2.45) is 0 Å². The highest BCUT2D eigenvalue weighted by Crippen LogP contribution is 2.33. The van der Waals surface area contributed by atoms with Crippen molar-refractivity contribution in [3.8, 4) is 0 Å². The Labute approximate surface area is 122 Å². The molecule has 2 nitrogen and oxygen atoms in total. The van der Waals surface area contributed by atoms with Crippen LogP contribution in [0.4, 0.5) is 10.1 Å². The highest BCUT2D eigenvalue weighted by molar-refractivity contribution is 5.56. The van der Waals surface area contributed by atoms with Gasteiger partial charge >= 0.3 is 0 Å². The van der Waals surface area contributed by atoms with Gasteiger partial charge in [-0.15, -0.1) is 0 Å². The van der Waals surface area contributed by atoms with Crippen molar-refractivity contribution in [1.29, 1.82) is 0 Å². The van der Waals surface area contributed by atoms with E-state index in [4.69, 9.17) is 0 Å². The summed E-state index contributed by atoms with van der Waals surface area (Å²) in [5.74, 6) is -0.138. The summed E-state index contributed by atoms with van der Waals surface area (Å²) >= 11 is 0. The standard InChI is InChI=1S/C17H27FN2/c1-4-10-19-13(3)16-12-14(18)8-9-17(16)20-11-6-7-15(20)5-2/h8-9,12-13,15,19H,4-7,10-11H2,1-3H3. The van der Waals surface area contributed by atoms with E-state index in [-0.39, 0.29) is 11.9 Å². The van der Waals surface area contributed by atoms with Crippen molar-refractivity contribution >= 4 is 5.69 Å². The molecule has 0 aliphatic carbocycles. The Kier molecular flexibility index (Phi) is 5.41. The lowest BCUT2D eigenvalue weighted by Crippen LogP contribution is -2.31. The third kappa shape index (κ3) is 3.32. The Morgan fingerprint density at radius 3 is 2.90 bits per heavy atom. The number of nitrogens with one attached hydrogen (secondary N) is 1. The number of benzene rings is 1. The molecule has 0 aromatic heterocycles. The fourth-order valence-electron chi connectivity index (χ4n) is 3.18. The second kappa shape index (κ2) is 7.07. The van der Waals surface area contributed by atoms with Crippen molar-refractivity contribution in [3.63, 3.8) is 0 Å². The molecule has 2 atom stereocenters. The van der Waals surface area contributed by atoms with Crippen molar-refractivity contribution in [2.45, 2.75) is 58.5 Å². The first-order valence-electron chi connectivity index (χ1n) is 7.96. The van der Waals surface area contributed by atoms with E-state index in [1.54, 1.807) is 12.1 Å². The lowest BCUT2D eigenvalue weighted by atomic mass is 10.0. The van der Waals surface area contributed by atoms with Crippen molar-refractivity contribution in [1.82, 2.24) is 5.32 Å². The number of rotatable bonds is 6. The molecule has 112 valence electrons. The summed E-state index contributed by atoms with van der Waals surface area (Å²) in [6.45, 7) is 8.58. The van der Waals surface area contributed by atoms with E-state index < -0.39 is 0 Å². The van der Waals surface area contributed by atoms with E-state index >= 15 is 0 Å². The molecule has 0 amide bonds. The van der Waals surface area contributed by atoms with Gasteiger partial charge < -0.3 is 10.2 Å². The Hall–Kier alpha value is -1.09. The molecule has 2 unspecified atom stereocenters. The summed E-state index contributed by atoms with van der Waals surface area (Å²) in [5, 5.41) is 3.48. The average molecular weight is 278 g/mol. The first kappa shape index (κ1) is 15.3. The molecular formula is C17H27FN2. The van der Waals surface area contributed by atoms with E-state index in [2.05, 4.69) is 31.0 Å². The van der Waals surface area contributed by atoms with Crippen LogP contribution in [0.15, 0.2) is 18.2 Å². The normalized spacial score (nSPS) is 20.4. The molecule has 1 aromatic carbocycles. The van der Waals surface area contributed by atoms with Crippen LogP contribution in [0.25, 0.3) is 0 Å². The van der Waals surface area contributed by atoms with Crippen LogP contribution in [0.2, 0.25) is 0 Å². The molecule has 1 saturated heterocycles. The topological polar surface area (TPSA) is 15.3 Å². The zero-order chi connectivity index (χ0) is 14.5. The molecule has 1 aliphatic heterocycles. The van der Waals surface area contributed by atoms with Gasteiger partial charge in [-0.3, -0.25) is 0 Å². The molecule has 20 heavy (non-hydrogen) atoms. The quantitative estimate of drug-likeness (QED) is 0.836. The molecule has 3 heteroatoms. The largest absolute Gasteiger partial charge is 0.368 e. The first-order chi connectivity index (χ1) is 9.67. The minimum atomic E-state index is -0.138. The van der Waals surface area contributed by atoms with Crippen LogP contribution in [0, 0.1) is 5.82 Å². The molecule has 1 fully saturated rings. The van der Waals surface area contributed by atoms with Gasteiger partial charge in [0.05, 0.1) is 0 Å². The Bertz CT molecular complexity index is 433. The fourth-order valence-corrected chi connectivity index (χ4v) is 3.18. The van der Waals surface area contributed by atoms with Crippen LogP contribution in [-0.4, -0.2) is 19.1 Å². The second-order valence-electron chi connectivity index (χ2n) is 5.78. The average Bonchev–Trinajstić information content (AvgIpc) is 2.92. The zero-order valence-electron chi connectivity index (χ0n) is 13.0. The highest BCUT2D eigenvalue weighted by Gasteiger charge is 2.26. The van der Waals surface area contributed by atoms with E-state index in [1.165, 1.54) is 18.5 Å². The van der Waals surface area contributed by atoms with Gasteiger partial charge in [-0.2, -0.15) is 0 Å². The molecule has 1 heterocycles. The monoisotopic (exact) mass is 278 g/mol. The highest BCUT2D eigenvalue weighted by atomic mass is 19.1. The molecular weight excluding hydrogens is 251 g/mol. The summed E-state index contributed by atoms with van der Waals surface area (Å²) in [6, 6.07) is 6.06. The number of anilines is 1. The summed E-state index contributed by atoms with van der Waals surface area (Å²) in [4.78, 5) is 2.47. The molecule has 0 radical (unpaired) electrons. The van der Waals surface area contributed by atoms with Crippen molar-refractivity contribution < 1.29 is 4.39 Å². The van der Waals surface area contributed by atoms with E-state index in [0.29, 0.717) is 6.04 Å². The SMILES string of the molecule is CCCNC(C)c1cc(F)ccc1N1CCCC1CC. The van der Waals surface area contributed by atoms with E-state index in [0.717, 1.165) is 31.5 Å². The maximum absolute atomic E-state index is 13.6. The third-order valence-electron chi connectivity index (χ3n) is 4.31. The first-order valence-corrected chi connectivity index (χ1v) is 7.96. The Balaban J connectivity index is 2.27. The minimum Gasteiger partial charge on any atom is -0.368 e. The number of hydrogen-bond acceptors (Lipinski definition) is 2. The van der Waals surface area contributed by atoms with Gasteiger partial charge in [0.1, 0.15) is 5.82 Å². The Morgan fingerprint density at radius 1 is 1.40 bits per heavy atom. The van der Waals surface area contributed by atoms with Gasteiger partial charge in [0.2, 0.25) is 0 Å². The summed E-state index contributed by atoms with van der Waals surface area (Å²) in [6.07, 6.45) is 4.75. The summed E-state index contributed by atoms with van der Waals surface area (Å²) in [7, 11) is 0. The van der Waals surface area contributed by atoms with Gasteiger partial charge in [-0.25, -0.2) is 4.39 Å². The fraction of sp³-hybridized carbons (Fsp3) is 0.647. The summed E-state index contributed by atoms with van der Waals surface area (Å²) < 4.78 is 13.6. The lowest BCUT2D eigenvalue weighted by molar-refractivity contribution is 0.557. The van der Waals surface area contributed by atoms with Crippen molar-refractivity contribution in [3.05, 3.63) is 29.6 Å². The maximum Gasteiger partial charge on any atom is 0.123 e. The van der Waals surface area contributed by atoms with Crippen LogP contribution in [-0.2, 0) is 0 Å². The molecule has 1 N–H and O–H groups in total. The van der Waals surface area contributed by atoms with Crippen LogP contribution >= 0.6 is 0 Å². The van der Waals surface area contributed by atoms with Gasteiger partial charge in [0.15, 0.2) is 0 Å². The predicted octanol–water partition coefficient (Wildman–Crippen LogP) is 4.27. The summed E-state index contributed by atoms with van der Waals surface area (Å²) in [5.41, 5.74) is 2.31. The van der Waals surface area contributed by atoms with E-state index in [1.807, 2.05) is 6.07 Å². The predicted molar refractivity (Wildman–Crippen MR) is 83.8 cm³/mol. The van der Waals surface area contributed by atoms with Gasteiger partial charge in [0, 0.05) is 24.3 Å². The lowest BCUT2D eigenvalue weighted by Gasteiger charge is -2.30. The van der Waals surface area contributed by atoms with Crippen molar-refractivity contribution in [2.75, 3.05) is 18.0 Å². The molecule has 1 aliphatic rings. The smallest absolute Gasteiger partial charge is 0.123 e. The second-order valence-corrected chi connectivity index (χ2v) is 5.78. The van der Waals surface area contributed by atoms with Crippen LogP contribution in [0.3, 0.4) is 0 Å². The molecule has 0 bridgehead atoms. The molecule has 2 rings (SSSR count). The van der Waals surface area contributed by atoms with E-state index in [9.17, 15) is 4.39 Å². The Morgan fingerprint density at radius 2 is 2.20 bits per heavy atom. The molecule has 1 aromatic rings. The van der Waals surface area contributed by atoms with Gasteiger partial charge in [-0.05, 0) is 62.9 Å². The van der Waals surface area contributed by atoms with Crippen LogP contribution < -0.4 is 10.2 Å². The number of nitrogens with zero attached hydrogens (tertiary/aromatic N) is 1. The van der Waals surface area contributed by atoms with Gasteiger partial charge in [-0.1, -0.05) is 13.8 Å². The van der Waals surface area contributed by atoms with Crippen LogP contribution in [0.1, 0.15) is 58.1 Å². The molecule has 0 spiro atoms.